The molecule has 1 aliphatic heterocycles. The number of aliphatic hydroxyl groups is 1. The number of hydrogen-bond acceptors (Lipinski definition) is 8. The topological polar surface area (TPSA) is 130 Å². The van der Waals surface area contributed by atoms with Crippen LogP contribution in [0.1, 0.15) is 35.5 Å². The van der Waals surface area contributed by atoms with Gasteiger partial charge in [0.2, 0.25) is 5.95 Å². The van der Waals surface area contributed by atoms with Crippen LogP contribution in [-0.4, -0.2) is 61.3 Å². The van der Waals surface area contributed by atoms with Crippen LogP contribution in [0.15, 0.2) is 29.3 Å². The Kier molecular flexibility index (Phi) is 7.08. The zero-order valence-electron chi connectivity index (χ0n) is 18.9. The Balaban J connectivity index is 1.96. The number of primary amides is 1. The van der Waals surface area contributed by atoms with Gasteiger partial charge >= 0.3 is 6.18 Å². The maximum absolute atomic E-state index is 13.5. The maximum Gasteiger partial charge on any atom is 0.434 e. The number of aliphatic hydroxyl groups excluding tert-OH is 1. The smallest absolute Gasteiger partial charge is 0.392 e. The first-order chi connectivity index (χ1) is 15.7. The van der Waals surface area contributed by atoms with Crippen molar-refractivity contribution in [3.8, 4) is 0 Å². The molecule has 3 rings (SSSR count). The summed E-state index contributed by atoms with van der Waals surface area (Å²) in [4.78, 5) is 22.7. The second-order valence-corrected chi connectivity index (χ2v) is 10.5. The second kappa shape index (κ2) is 9.37. The third kappa shape index (κ3) is 5.25. The Labute approximate surface area is 195 Å². The molecule has 34 heavy (non-hydrogen) atoms. The predicted octanol–water partition coefficient (Wildman–Crippen LogP) is 1.84. The van der Waals surface area contributed by atoms with Crippen molar-refractivity contribution >= 4 is 27.4 Å². The first-order valence-corrected chi connectivity index (χ1v) is 12.3. The molecule has 0 radical (unpaired) electrons. The highest BCUT2D eigenvalue weighted by atomic mass is 32.2. The number of hydrogen-bond donors (Lipinski definition) is 2. The van der Waals surface area contributed by atoms with Crippen molar-refractivity contribution in [3.63, 3.8) is 0 Å². The number of piperazine rings is 1. The molecule has 3 N–H and O–H groups in total. The van der Waals surface area contributed by atoms with Gasteiger partial charge in [-0.25, -0.2) is 18.4 Å². The number of halogens is 3. The minimum atomic E-state index is -4.88. The standard InChI is InChI=1S/C21H26F3N5O4S/c1-12(2)16-10-28(14-5-4-13(11-30)17(8-14)34(3,32)33)6-7-29(16)20-26-9-15(19(25)31)18(27-20)21(22,23)24/h4-5,8-9,12,16,30H,6-7,10-11H2,1-3H3,(H2,25,31). The molecule has 1 fully saturated rings. The number of alkyl halides is 3. The van der Waals surface area contributed by atoms with Gasteiger partial charge in [0, 0.05) is 37.8 Å². The molecule has 0 saturated carbocycles. The quantitative estimate of drug-likeness (QED) is 0.614. The van der Waals surface area contributed by atoms with Gasteiger partial charge in [-0.05, 0) is 23.6 Å². The van der Waals surface area contributed by atoms with Crippen molar-refractivity contribution < 1.29 is 31.5 Å². The molecule has 0 aliphatic carbocycles. The highest BCUT2D eigenvalue weighted by molar-refractivity contribution is 7.90. The van der Waals surface area contributed by atoms with Gasteiger partial charge in [-0.2, -0.15) is 13.2 Å². The largest absolute Gasteiger partial charge is 0.434 e. The van der Waals surface area contributed by atoms with Crippen LogP contribution in [0.5, 0.6) is 0 Å². The molecule has 1 atom stereocenters. The van der Waals surface area contributed by atoms with Gasteiger partial charge in [0.25, 0.3) is 5.91 Å². The highest BCUT2D eigenvalue weighted by Crippen LogP contribution is 2.33. The lowest BCUT2D eigenvalue weighted by atomic mass is 9.99. The molecule has 0 spiro atoms. The lowest BCUT2D eigenvalue weighted by Crippen LogP contribution is -2.56. The van der Waals surface area contributed by atoms with Gasteiger partial charge in [0.15, 0.2) is 15.5 Å². The minimum Gasteiger partial charge on any atom is -0.392 e. The SMILES string of the molecule is CC(C)C1CN(c2ccc(CO)c(S(C)(=O)=O)c2)CCN1c1ncc(C(N)=O)c(C(F)(F)F)n1. The average Bonchev–Trinajstić information content (AvgIpc) is 2.76. The summed E-state index contributed by atoms with van der Waals surface area (Å²) in [5.41, 5.74) is 3.78. The molecular formula is C21H26F3N5O4S. The third-order valence-electron chi connectivity index (χ3n) is 5.74. The van der Waals surface area contributed by atoms with E-state index in [1.807, 2.05) is 18.7 Å². The predicted molar refractivity (Wildman–Crippen MR) is 119 cm³/mol. The lowest BCUT2D eigenvalue weighted by molar-refractivity contribution is -0.141. The van der Waals surface area contributed by atoms with Crippen LogP contribution >= 0.6 is 0 Å². The van der Waals surface area contributed by atoms with E-state index in [0.717, 1.165) is 12.5 Å². The maximum atomic E-state index is 13.5. The fourth-order valence-electron chi connectivity index (χ4n) is 3.99. The van der Waals surface area contributed by atoms with Crippen LogP contribution in [0.3, 0.4) is 0 Å². The first kappa shape index (κ1) is 25.7. The normalized spacial score (nSPS) is 17.4. The van der Waals surface area contributed by atoms with E-state index in [1.165, 1.54) is 6.07 Å². The van der Waals surface area contributed by atoms with E-state index in [4.69, 9.17) is 5.73 Å². The van der Waals surface area contributed by atoms with E-state index in [2.05, 4.69) is 9.97 Å². The summed E-state index contributed by atoms with van der Waals surface area (Å²) < 4.78 is 64.8. The van der Waals surface area contributed by atoms with Crippen molar-refractivity contribution in [1.82, 2.24) is 9.97 Å². The zero-order valence-corrected chi connectivity index (χ0v) is 19.7. The van der Waals surface area contributed by atoms with E-state index < -0.39 is 39.8 Å². The highest BCUT2D eigenvalue weighted by Gasteiger charge is 2.39. The van der Waals surface area contributed by atoms with Crippen LogP contribution < -0.4 is 15.5 Å². The lowest BCUT2D eigenvalue weighted by Gasteiger charge is -2.44. The molecule has 186 valence electrons. The van der Waals surface area contributed by atoms with Gasteiger partial charge in [-0.3, -0.25) is 4.79 Å². The number of rotatable bonds is 6. The number of benzene rings is 1. The van der Waals surface area contributed by atoms with Crippen LogP contribution in [0.4, 0.5) is 24.8 Å². The molecule has 2 heterocycles. The van der Waals surface area contributed by atoms with Crippen molar-refractivity contribution in [1.29, 1.82) is 0 Å². The summed E-state index contributed by atoms with van der Waals surface area (Å²) in [6, 6.07) is 4.43. The summed E-state index contributed by atoms with van der Waals surface area (Å²) in [6.07, 6.45) is -3.03. The Morgan fingerprint density at radius 2 is 1.97 bits per heavy atom. The molecule has 9 nitrogen and oxygen atoms in total. The summed E-state index contributed by atoms with van der Waals surface area (Å²) in [6.45, 7) is 4.35. The van der Waals surface area contributed by atoms with Crippen LogP contribution in [-0.2, 0) is 22.6 Å². The number of sulfone groups is 1. The number of carbonyl (C=O) groups excluding carboxylic acids is 1. The van der Waals surface area contributed by atoms with Gasteiger partial charge in [-0.15, -0.1) is 0 Å². The molecule has 1 aliphatic rings. The van der Waals surface area contributed by atoms with Gasteiger partial charge in [0.1, 0.15) is 0 Å². The molecule has 1 saturated heterocycles. The summed E-state index contributed by atoms with van der Waals surface area (Å²) in [7, 11) is -3.58. The molecular weight excluding hydrogens is 475 g/mol. The van der Waals surface area contributed by atoms with Gasteiger partial charge < -0.3 is 20.6 Å². The molecule has 1 amide bonds. The number of anilines is 2. The Morgan fingerprint density at radius 1 is 1.29 bits per heavy atom. The molecule has 0 bridgehead atoms. The number of amides is 1. The number of nitrogens with two attached hydrogens (primary N) is 1. The van der Waals surface area contributed by atoms with E-state index in [1.54, 1.807) is 17.0 Å². The third-order valence-corrected chi connectivity index (χ3v) is 6.92. The molecule has 1 unspecified atom stereocenters. The fourth-order valence-corrected chi connectivity index (χ4v) is 4.93. The van der Waals surface area contributed by atoms with E-state index >= 15 is 0 Å². The number of carbonyl (C=O) groups is 1. The Morgan fingerprint density at radius 3 is 2.50 bits per heavy atom. The van der Waals surface area contributed by atoms with E-state index in [-0.39, 0.29) is 34.9 Å². The summed E-state index contributed by atoms with van der Waals surface area (Å²) in [5.74, 6) is -1.46. The van der Waals surface area contributed by atoms with Crippen molar-refractivity contribution in [2.75, 3.05) is 35.7 Å². The molecule has 2 aromatic rings. The molecule has 13 heteroatoms. The summed E-state index contributed by atoms with van der Waals surface area (Å²) in [5, 5.41) is 9.48. The van der Waals surface area contributed by atoms with Gasteiger partial charge in [0.05, 0.1) is 23.1 Å². The number of aromatic nitrogens is 2. The van der Waals surface area contributed by atoms with Crippen LogP contribution in [0.25, 0.3) is 0 Å². The number of nitrogens with zero attached hydrogens (tertiary/aromatic N) is 4. The Hall–Kier alpha value is -2.93. The van der Waals surface area contributed by atoms with E-state index in [0.29, 0.717) is 18.8 Å². The first-order valence-electron chi connectivity index (χ1n) is 10.4. The molecule has 1 aromatic heterocycles. The van der Waals surface area contributed by atoms with Crippen LogP contribution in [0, 0.1) is 5.92 Å². The zero-order chi connectivity index (χ0) is 25.4. The summed E-state index contributed by atoms with van der Waals surface area (Å²) >= 11 is 0. The molecule has 1 aromatic carbocycles. The van der Waals surface area contributed by atoms with Crippen molar-refractivity contribution in [3.05, 3.63) is 41.2 Å². The Bertz CT molecular complexity index is 1190. The average molecular weight is 502 g/mol. The monoisotopic (exact) mass is 501 g/mol. The minimum absolute atomic E-state index is 0.0243. The van der Waals surface area contributed by atoms with Gasteiger partial charge in [-0.1, -0.05) is 19.9 Å². The fraction of sp³-hybridized carbons (Fsp3) is 0.476. The van der Waals surface area contributed by atoms with E-state index in [9.17, 15) is 31.5 Å². The van der Waals surface area contributed by atoms with Crippen molar-refractivity contribution in [2.24, 2.45) is 11.7 Å². The second-order valence-electron chi connectivity index (χ2n) is 8.47. The van der Waals surface area contributed by atoms with Crippen LogP contribution in [0.2, 0.25) is 0 Å². The van der Waals surface area contributed by atoms with Crippen molar-refractivity contribution in [2.45, 2.75) is 37.6 Å².